The summed E-state index contributed by atoms with van der Waals surface area (Å²) in [6.07, 6.45) is 0. The normalized spacial score (nSPS) is 13.9. The molecule has 71 heavy (non-hydrogen) atoms. The summed E-state index contributed by atoms with van der Waals surface area (Å²) in [5.41, 5.74) is 26.5. The molecule has 0 saturated heterocycles. The van der Waals surface area contributed by atoms with Gasteiger partial charge < -0.3 is 9.80 Å². The Kier molecular flexibility index (Phi) is 8.68. The van der Waals surface area contributed by atoms with Crippen LogP contribution in [0.15, 0.2) is 265 Å². The number of halogens is 1. The predicted octanol–water partition coefficient (Wildman–Crippen LogP) is 18.1. The van der Waals surface area contributed by atoms with Crippen molar-refractivity contribution in [1.29, 1.82) is 0 Å². The Labute approximate surface area is 422 Å². The SMILES string of the molecule is Brc1cc(N(c2ccccc2)c2ccc3c(c2)C2(c4ccccc4-c4ccccc42)c2ccccc2-3)cc(N(c2ccccc2)c2ccc3c(c2)C2(c4ccccc4-c4ccccc42)c2ccccc2-3)c1. The quantitative estimate of drug-likeness (QED) is 0.164. The molecule has 2 spiro atoms. The van der Waals surface area contributed by atoms with Crippen LogP contribution in [0.5, 0.6) is 0 Å². The molecule has 0 aromatic heterocycles. The molecular weight excluding hydrogens is 925 g/mol. The highest BCUT2D eigenvalue weighted by Gasteiger charge is 2.53. The molecule has 0 radical (unpaired) electrons. The molecule has 0 bridgehead atoms. The lowest BCUT2D eigenvalue weighted by molar-refractivity contribution is 0.793. The lowest BCUT2D eigenvalue weighted by Gasteiger charge is -2.33. The van der Waals surface area contributed by atoms with Gasteiger partial charge in [0.05, 0.1) is 10.8 Å². The maximum absolute atomic E-state index is 4.09. The molecule has 332 valence electrons. The van der Waals surface area contributed by atoms with Gasteiger partial charge in [0.1, 0.15) is 0 Å². The highest BCUT2D eigenvalue weighted by molar-refractivity contribution is 9.10. The molecule has 0 aliphatic heterocycles. The Balaban J connectivity index is 0.938. The van der Waals surface area contributed by atoms with Crippen LogP contribution >= 0.6 is 15.9 Å². The number of hydrogen-bond acceptors (Lipinski definition) is 2. The van der Waals surface area contributed by atoms with Crippen molar-refractivity contribution in [2.75, 3.05) is 9.80 Å². The van der Waals surface area contributed by atoms with E-state index in [4.69, 9.17) is 0 Å². The van der Waals surface area contributed by atoms with E-state index in [1.54, 1.807) is 0 Å². The smallest absolute Gasteiger partial charge is 0.0726 e. The van der Waals surface area contributed by atoms with Crippen LogP contribution in [0.3, 0.4) is 0 Å². The lowest BCUT2D eigenvalue weighted by atomic mass is 9.70. The average Bonchev–Trinajstić information content (AvgIpc) is 4.11. The van der Waals surface area contributed by atoms with Crippen molar-refractivity contribution in [2.45, 2.75) is 10.8 Å². The minimum Gasteiger partial charge on any atom is -0.310 e. The lowest BCUT2D eigenvalue weighted by Crippen LogP contribution is -2.26. The third-order valence-corrected chi connectivity index (χ3v) is 16.3. The van der Waals surface area contributed by atoms with E-state index in [0.29, 0.717) is 0 Å². The summed E-state index contributed by atoms with van der Waals surface area (Å²) >= 11 is 4.09. The Morgan fingerprint density at radius 2 is 0.479 bits per heavy atom. The van der Waals surface area contributed by atoms with Crippen molar-refractivity contribution in [1.82, 2.24) is 0 Å². The second kappa shape index (κ2) is 15.2. The average molecular weight is 968 g/mol. The molecule has 0 saturated carbocycles. The molecule has 0 heterocycles. The van der Waals surface area contributed by atoms with E-state index < -0.39 is 10.8 Å². The van der Waals surface area contributed by atoms with Gasteiger partial charge in [0.25, 0.3) is 0 Å². The summed E-state index contributed by atoms with van der Waals surface area (Å²) in [6, 6.07) is 97.2. The minimum absolute atomic E-state index is 0.463. The fourth-order valence-corrected chi connectivity index (χ4v) is 13.8. The highest BCUT2D eigenvalue weighted by atomic mass is 79.9. The van der Waals surface area contributed by atoms with Gasteiger partial charge in [-0.05, 0) is 156 Å². The topological polar surface area (TPSA) is 6.48 Å². The summed E-state index contributed by atoms with van der Waals surface area (Å²) in [4.78, 5) is 4.86. The fraction of sp³-hybridized carbons (Fsp3) is 0.0294. The van der Waals surface area contributed by atoms with Crippen molar-refractivity contribution in [2.24, 2.45) is 0 Å². The standard InChI is InChI=1S/C68H43BrN2/c69-44-39-49(70(45-19-3-1-4-20-45)47-35-37-57-55-27-11-17-33-63(55)67(65(57)42-47)59-29-13-7-23-51(59)52-24-8-14-30-60(52)67)41-50(40-44)71(46-21-5-2-6-22-46)48-36-38-58-56-28-12-18-34-64(56)68(66(58)43-48)61-31-15-9-25-53(61)54-26-10-16-32-62(54)68/h1-43H. The Morgan fingerprint density at radius 1 is 0.211 bits per heavy atom. The molecule has 15 rings (SSSR count). The largest absolute Gasteiger partial charge is 0.310 e. The zero-order chi connectivity index (χ0) is 46.8. The van der Waals surface area contributed by atoms with Crippen LogP contribution in [-0.4, -0.2) is 0 Å². The van der Waals surface area contributed by atoms with E-state index in [0.717, 1.165) is 38.6 Å². The van der Waals surface area contributed by atoms with Crippen molar-refractivity contribution in [3.05, 3.63) is 310 Å². The molecule has 0 atom stereocenters. The molecule has 4 aliphatic rings. The van der Waals surface area contributed by atoms with Crippen LogP contribution in [-0.2, 0) is 10.8 Å². The number of fused-ring (bicyclic) bond motifs is 20. The van der Waals surface area contributed by atoms with E-state index in [9.17, 15) is 0 Å². The Hall–Kier alpha value is -8.50. The van der Waals surface area contributed by atoms with Crippen LogP contribution < -0.4 is 9.80 Å². The minimum atomic E-state index is -0.463. The van der Waals surface area contributed by atoms with Crippen molar-refractivity contribution >= 4 is 50.1 Å². The summed E-state index contributed by atoms with van der Waals surface area (Å²) < 4.78 is 0.985. The second-order valence-corrected chi connectivity index (χ2v) is 20.2. The molecule has 4 aliphatic carbocycles. The van der Waals surface area contributed by atoms with Gasteiger partial charge in [0.15, 0.2) is 0 Å². The first-order valence-electron chi connectivity index (χ1n) is 24.5. The van der Waals surface area contributed by atoms with E-state index in [-0.39, 0.29) is 0 Å². The number of nitrogens with zero attached hydrogens (tertiary/aromatic N) is 2. The zero-order valence-corrected chi connectivity index (χ0v) is 40.2. The first-order chi connectivity index (χ1) is 35.1. The second-order valence-electron chi connectivity index (χ2n) is 19.2. The van der Waals surface area contributed by atoms with Crippen molar-refractivity contribution < 1.29 is 0 Å². The van der Waals surface area contributed by atoms with E-state index in [2.05, 4.69) is 287 Å². The van der Waals surface area contributed by atoms with Gasteiger partial charge in [-0.3, -0.25) is 0 Å². The number of hydrogen-bond donors (Lipinski definition) is 0. The summed E-state index contributed by atoms with van der Waals surface area (Å²) in [5, 5.41) is 0. The van der Waals surface area contributed by atoms with Crippen LogP contribution in [0.4, 0.5) is 34.1 Å². The Bertz CT molecular complexity index is 3600. The molecular formula is C68H43BrN2. The van der Waals surface area contributed by atoms with E-state index in [1.807, 2.05) is 0 Å². The van der Waals surface area contributed by atoms with Gasteiger partial charge in [-0.25, -0.2) is 0 Å². The van der Waals surface area contributed by atoms with Gasteiger partial charge in [-0.1, -0.05) is 210 Å². The first-order valence-corrected chi connectivity index (χ1v) is 25.3. The van der Waals surface area contributed by atoms with Crippen molar-refractivity contribution in [3.63, 3.8) is 0 Å². The molecule has 2 nitrogen and oxygen atoms in total. The summed E-state index contributed by atoms with van der Waals surface area (Å²) in [7, 11) is 0. The van der Waals surface area contributed by atoms with Gasteiger partial charge in [0, 0.05) is 38.6 Å². The summed E-state index contributed by atoms with van der Waals surface area (Å²) in [6.45, 7) is 0. The zero-order valence-electron chi connectivity index (χ0n) is 38.6. The third-order valence-electron chi connectivity index (χ3n) is 15.9. The molecule has 0 N–H and O–H groups in total. The maximum Gasteiger partial charge on any atom is 0.0726 e. The maximum atomic E-state index is 4.09. The Morgan fingerprint density at radius 3 is 0.789 bits per heavy atom. The molecule has 0 amide bonds. The monoisotopic (exact) mass is 966 g/mol. The van der Waals surface area contributed by atoms with Gasteiger partial charge in [0.2, 0.25) is 0 Å². The predicted molar refractivity (Wildman–Crippen MR) is 296 cm³/mol. The highest BCUT2D eigenvalue weighted by Crippen LogP contribution is 2.65. The molecule has 11 aromatic rings. The fourth-order valence-electron chi connectivity index (χ4n) is 13.3. The van der Waals surface area contributed by atoms with Crippen LogP contribution in [0, 0.1) is 0 Å². The van der Waals surface area contributed by atoms with E-state index >= 15 is 0 Å². The van der Waals surface area contributed by atoms with Crippen LogP contribution in [0.25, 0.3) is 44.5 Å². The number of anilines is 6. The van der Waals surface area contributed by atoms with Gasteiger partial charge >= 0.3 is 0 Å². The third kappa shape index (κ3) is 5.47. The van der Waals surface area contributed by atoms with Gasteiger partial charge in [-0.15, -0.1) is 0 Å². The van der Waals surface area contributed by atoms with Crippen LogP contribution in [0.2, 0.25) is 0 Å². The molecule has 0 unspecified atom stereocenters. The van der Waals surface area contributed by atoms with Crippen LogP contribution in [0.1, 0.15) is 44.5 Å². The molecule has 0 fully saturated rings. The van der Waals surface area contributed by atoms with E-state index in [1.165, 1.54) is 89.0 Å². The van der Waals surface area contributed by atoms with Crippen molar-refractivity contribution in [3.8, 4) is 44.5 Å². The molecule has 3 heteroatoms. The molecule has 11 aromatic carbocycles. The number of rotatable bonds is 6. The summed E-state index contributed by atoms with van der Waals surface area (Å²) in [5.74, 6) is 0. The first kappa shape index (κ1) is 40.4. The number of para-hydroxylation sites is 2. The number of benzene rings is 11. The van der Waals surface area contributed by atoms with Gasteiger partial charge in [-0.2, -0.15) is 0 Å².